The molecular weight excluding hydrogens is 338 g/mol. The molecule has 0 aliphatic carbocycles. The SMILES string of the molecule is Cc1ccccc1-n1ncc2c1NC(=O)CC2c1ccccc1OC(C)C. The third-order valence-electron chi connectivity index (χ3n) is 4.82. The van der Waals surface area contributed by atoms with Crippen molar-refractivity contribution in [2.75, 3.05) is 5.32 Å². The lowest BCUT2D eigenvalue weighted by atomic mass is 9.87. The highest BCUT2D eigenvalue weighted by molar-refractivity contribution is 5.94. The second-order valence-electron chi connectivity index (χ2n) is 7.16. The third-order valence-corrected chi connectivity index (χ3v) is 4.82. The summed E-state index contributed by atoms with van der Waals surface area (Å²) in [6, 6.07) is 16.0. The van der Waals surface area contributed by atoms with Crippen molar-refractivity contribution in [2.24, 2.45) is 0 Å². The first-order valence-electron chi connectivity index (χ1n) is 9.24. The van der Waals surface area contributed by atoms with Gasteiger partial charge in [-0.1, -0.05) is 36.4 Å². The molecule has 2 aromatic carbocycles. The molecular formula is C22H23N3O2. The van der Waals surface area contributed by atoms with Gasteiger partial charge in [-0.3, -0.25) is 4.79 Å². The van der Waals surface area contributed by atoms with Crippen molar-refractivity contribution in [3.05, 3.63) is 71.4 Å². The molecule has 1 aliphatic rings. The maximum absolute atomic E-state index is 12.5. The summed E-state index contributed by atoms with van der Waals surface area (Å²) in [6.45, 7) is 6.05. The number of fused-ring (bicyclic) bond motifs is 1. The second kappa shape index (κ2) is 6.91. The minimum absolute atomic E-state index is 0.0119. The summed E-state index contributed by atoms with van der Waals surface area (Å²) in [5.41, 5.74) is 4.10. The van der Waals surface area contributed by atoms with E-state index in [4.69, 9.17) is 4.74 Å². The number of rotatable bonds is 4. The van der Waals surface area contributed by atoms with Gasteiger partial charge in [0, 0.05) is 23.5 Å². The van der Waals surface area contributed by atoms with Crippen LogP contribution in [0.5, 0.6) is 5.75 Å². The second-order valence-corrected chi connectivity index (χ2v) is 7.16. The van der Waals surface area contributed by atoms with Gasteiger partial charge in [0.2, 0.25) is 5.91 Å². The lowest BCUT2D eigenvalue weighted by Gasteiger charge is -2.26. The number of nitrogens with zero attached hydrogens (tertiary/aromatic N) is 2. The molecule has 0 radical (unpaired) electrons. The van der Waals surface area contributed by atoms with E-state index in [1.54, 1.807) is 0 Å². The van der Waals surface area contributed by atoms with Crippen molar-refractivity contribution in [3.63, 3.8) is 0 Å². The number of carbonyl (C=O) groups excluding carboxylic acids is 1. The standard InChI is InChI=1S/C22H23N3O2/c1-14(2)27-20-11-7-5-9-16(20)17-12-21(26)24-22-18(17)13-23-25(22)19-10-6-4-8-15(19)3/h4-11,13-14,17H,12H2,1-3H3,(H,24,26). The van der Waals surface area contributed by atoms with Crippen LogP contribution in [0.25, 0.3) is 5.69 Å². The number of aryl methyl sites for hydroxylation is 1. The molecule has 27 heavy (non-hydrogen) atoms. The summed E-state index contributed by atoms with van der Waals surface area (Å²) < 4.78 is 7.82. The highest BCUT2D eigenvalue weighted by Crippen LogP contribution is 2.41. The molecule has 4 rings (SSSR count). The van der Waals surface area contributed by atoms with E-state index in [9.17, 15) is 4.79 Å². The van der Waals surface area contributed by atoms with Crippen LogP contribution in [0.4, 0.5) is 5.82 Å². The fourth-order valence-electron chi connectivity index (χ4n) is 3.61. The molecule has 1 atom stereocenters. The number of anilines is 1. The summed E-state index contributed by atoms with van der Waals surface area (Å²) in [7, 11) is 0. The number of nitrogens with one attached hydrogen (secondary N) is 1. The zero-order chi connectivity index (χ0) is 19.0. The maximum atomic E-state index is 12.5. The minimum Gasteiger partial charge on any atom is -0.491 e. The molecule has 1 aliphatic heterocycles. The Balaban J connectivity index is 1.82. The molecule has 2 heterocycles. The summed E-state index contributed by atoms with van der Waals surface area (Å²) in [5, 5.41) is 7.61. The average molecular weight is 361 g/mol. The number of benzene rings is 2. The largest absolute Gasteiger partial charge is 0.491 e. The predicted octanol–water partition coefficient (Wildman–Crippen LogP) is 4.44. The van der Waals surface area contributed by atoms with E-state index >= 15 is 0 Å². The quantitative estimate of drug-likeness (QED) is 0.747. The fourth-order valence-corrected chi connectivity index (χ4v) is 3.61. The van der Waals surface area contributed by atoms with Gasteiger partial charge < -0.3 is 10.1 Å². The van der Waals surface area contributed by atoms with Crippen molar-refractivity contribution in [3.8, 4) is 11.4 Å². The molecule has 0 bridgehead atoms. The summed E-state index contributed by atoms with van der Waals surface area (Å²) in [6.07, 6.45) is 2.31. The van der Waals surface area contributed by atoms with Crippen LogP contribution in [0.2, 0.25) is 0 Å². The zero-order valence-electron chi connectivity index (χ0n) is 15.8. The van der Waals surface area contributed by atoms with Gasteiger partial charge in [0.15, 0.2) is 0 Å². The monoisotopic (exact) mass is 361 g/mol. The number of aromatic nitrogens is 2. The van der Waals surface area contributed by atoms with E-state index in [0.29, 0.717) is 6.42 Å². The Morgan fingerprint density at radius 3 is 2.63 bits per heavy atom. The van der Waals surface area contributed by atoms with Gasteiger partial charge in [0.1, 0.15) is 11.6 Å². The average Bonchev–Trinajstić information content (AvgIpc) is 3.05. The third kappa shape index (κ3) is 3.21. The molecule has 0 saturated heterocycles. The van der Waals surface area contributed by atoms with Crippen molar-refractivity contribution in [1.82, 2.24) is 9.78 Å². The van der Waals surface area contributed by atoms with Gasteiger partial charge in [0.05, 0.1) is 18.0 Å². The highest BCUT2D eigenvalue weighted by Gasteiger charge is 2.32. The summed E-state index contributed by atoms with van der Waals surface area (Å²) in [4.78, 5) is 12.5. The number of carbonyl (C=O) groups is 1. The first kappa shape index (κ1) is 17.3. The van der Waals surface area contributed by atoms with Gasteiger partial charge in [0.25, 0.3) is 0 Å². The molecule has 138 valence electrons. The molecule has 1 aromatic heterocycles. The molecule has 1 amide bonds. The molecule has 0 saturated carbocycles. The molecule has 5 heteroatoms. The van der Waals surface area contributed by atoms with Gasteiger partial charge >= 0.3 is 0 Å². The Labute approximate surface area is 159 Å². The van der Waals surface area contributed by atoms with Crippen LogP contribution in [0.3, 0.4) is 0 Å². The van der Waals surface area contributed by atoms with Crippen LogP contribution >= 0.6 is 0 Å². The summed E-state index contributed by atoms with van der Waals surface area (Å²) >= 11 is 0. The van der Waals surface area contributed by atoms with Crippen molar-refractivity contribution >= 4 is 11.7 Å². The number of hydrogen-bond acceptors (Lipinski definition) is 3. The van der Waals surface area contributed by atoms with Crippen LogP contribution in [-0.4, -0.2) is 21.8 Å². The van der Waals surface area contributed by atoms with E-state index in [2.05, 4.69) is 10.4 Å². The molecule has 3 aromatic rings. The van der Waals surface area contributed by atoms with Crippen LogP contribution in [0.1, 0.15) is 42.9 Å². The number of amides is 1. The Morgan fingerprint density at radius 1 is 1.11 bits per heavy atom. The van der Waals surface area contributed by atoms with Crippen LogP contribution in [0.15, 0.2) is 54.7 Å². The minimum atomic E-state index is -0.0820. The van der Waals surface area contributed by atoms with Crippen molar-refractivity contribution in [1.29, 1.82) is 0 Å². The molecule has 0 spiro atoms. The predicted molar refractivity (Wildman–Crippen MR) is 106 cm³/mol. The first-order valence-corrected chi connectivity index (χ1v) is 9.24. The van der Waals surface area contributed by atoms with Crippen LogP contribution < -0.4 is 10.1 Å². The molecule has 1 unspecified atom stereocenters. The van der Waals surface area contributed by atoms with Crippen LogP contribution in [-0.2, 0) is 4.79 Å². The Morgan fingerprint density at radius 2 is 1.85 bits per heavy atom. The van der Waals surface area contributed by atoms with E-state index < -0.39 is 0 Å². The Kier molecular flexibility index (Phi) is 4.44. The highest BCUT2D eigenvalue weighted by atomic mass is 16.5. The topological polar surface area (TPSA) is 56.2 Å². The van der Waals surface area contributed by atoms with E-state index in [1.807, 2.05) is 80.2 Å². The lowest BCUT2D eigenvalue weighted by Crippen LogP contribution is -2.25. The zero-order valence-corrected chi connectivity index (χ0v) is 15.8. The molecule has 1 N–H and O–H groups in total. The van der Waals surface area contributed by atoms with Crippen molar-refractivity contribution in [2.45, 2.75) is 39.2 Å². The van der Waals surface area contributed by atoms with Crippen molar-refractivity contribution < 1.29 is 9.53 Å². The first-order chi connectivity index (χ1) is 13.0. The van der Waals surface area contributed by atoms with Gasteiger partial charge in [-0.05, 0) is 38.5 Å². The lowest BCUT2D eigenvalue weighted by molar-refractivity contribution is -0.116. The maximum Gasteiger partial charge on any atom is 0.226 e. The smallest absolute Gasteiger partial charge is 0.226 e. The van der Waals surface area contributed by atoms with E-state index in [0.717, 1.165) is 33.9 Å². The molecule has 0 fully saturated rings. The fraction of sp³-hybridized carbons (Fsp3) is 0.273. The van der Waals surface area contributed by atoms with Gasteiger partial charge in [-0.2, -0.15) is 5.10 Å². The normalized spacial score (nSPS) is 16.1. The number of para-hydroxylation sites is 2. The Hall–Kier alpha value is -3.08. The summed E-state index contributed by atoms with van der Waals surface area (Å²) in [5.74, 6) is 1.47. The number of ether oxygens (including phenoxy) is 1. The van der Waals surface area contributed by atoms with E-state index in [-0.39, 0.29) is 17.9 Å². The van der Waals surface area contributed by atoms with Gasteiger partial charge in [-0.25, -0.2) is 4.68 Å². The Bertz CT molecular complexity index is 991. The van der Waals surface area contributed by atoms with Gasteiger partial charge in [-0.15, -0.1) is 0 Å². The number of hydrogen-bond donors (Lipinski definition) is 1. The van der Waals surface area contributed by atoms with Crippen LogP contribution in [0, 0.1) is 6.92 Å². The van der Waals surface area contributed by atoms with E-state index in [1.165, 1.54) is 0 Å². The molecule has 5 nitrogen and oxygen atoms in total.